The molecule has 4 aromatic rings. The van der Waals surface area contributed by atoms with Gasteiger partial charge in [0.25, 0.3) is 15.9 Å². The van der Waals surface area contributed by atoms with Crippen molar-refractivity contribution in [3.8, 4) is 0 Å². The first-order valence-corrected chi connectivity index (χ1v) is 15.3. The van der Waals surface area contributed by atoms with Crippen LogP contribution in [0, 0.1) is 20.8 Å². The number of nitrogens with zero attached hydrogens (tertiary/aromatic N) is 3. The van der Waals surface area contributed by atoms with E-state index >= 15 is 0 Å². The van der Waals surface area contributed by atoms with Crippen LogP contribution in [0.25, 0.3) is 10.2 Å². The summed E-state index contributed by atoms with van der Waals surface area (Å²) < 4.78 is 29.0. The van der Waals surface area contributed by atoms with Gasteiger partial charge in [0.05, 0.1) is 15.1 Å². The van der Waals surface area contributed by atoms with E-state index in [1.807, 2.05) is 6.92 Å². The van der Waals surface area contributed by atoms with Crippen molar-refractivity contribution in [2.75, 3.05) is 48.9 Å². The van der Waals surface area contributed by atoms with Crippen LogP contribution in [0.15, 0.2) is 65.6 Å². The quantitative estimate of drug-likeness (QED) is 0.296. The fourth-order valence-electron chi connectivity index (χ4n) is 4.71. The number of nitrogens with one attached hydrogen (secondary N) is 2. The maximum Gasteiger partial charge on any atom is 0.261 e. The predicted octanol–water partition coefficient (Wildman–Crippen LogP) is 5.00. The normalized spacial score (nSPS) is 14.1. The van der Waals surface area contributed by atoms with Crippen molar-refractivity contribution < 1.29 is 13.2 Å². The summed E-state index contributed by atoms with van der Waals surface area (Å²) in [5, 5.41) is 4.05. The van der Waals surface area contributed by atoms with Crippen LogP contribution in [-0.2, 0) is 10.0 Å². The predicted molar refractivity (Wildman–Crippen MR) is 166 cm³/mol. The fraction of sp³-hybridized carbons (Fsp3) is 0.310. The summed E-state index contributed by atoms with van der Waals surface area (Å²) in [5.41, 5.74) is 5.47. The van der Waals surface area contributed by atoms with Gasteiger partial charge in [-0.1, -0.05) is 35.1 Å². The van der Waals surface area contributed by atoms with E-state index in [-0.39, 0.29) is 23.2 Å². The maximum atomic E-state index is 12.6. The first-order valence-electron chi connectivity index (χ1n) is 13.0. The molecule has 11 heteroatoms. The van der Waals surface area contributed by atoms with Crippen molar-refractivity contribution >= 4 is 60.7 Å². The number of thiazole rings is 1. The molecule has 2 N–H and O–H groups in total. The molecule has 1 amide bonds. The highest BCUT2D eigenvalue weighted by molar-refractivity contribution is 7.92. The van der Waals surface area contributed by atoms with Crippen LogP contribution < -0.4 is 14.9 Å². The summed E-state index contributed by atoms with van der Waals surface area (Å²) in [6, 6.07) is 17.5. The molecule has 0 atom stereocenters. The van der Waals surface area contributed by atoms with Crippen LogP contribution in [0.2, 0.25) is 0 Å². The number of hydrogen-bond donors (Lipinski definition) is 2. The average Bonchev–Trinajstić information content (AvgIpc) is 3.34. The van der Waals surface area contributed by atoms with Crippen molar-refractivity contribution in [3.05, 3.63) is 82.9 Å². The van der Waals surface area contributed by atoms with Gasteiger partial charge in [-0.05, 0) is 74.4 Å². The summed E-state index contributed by atoms with van der Waals surface area (Å²) in [5.74, 6) is -0.179. The second-order valence-corrected chi connectivity index (χ2v) is 12.7. The number of halogens is 1. The molecule has 1 aliphatic rings. The zero-order valence-electron chi connectivity index (χ0n) is 22.8. The second kappa shape index (κ2) is 12.6. The van der Waals surface area contributed by atoms with Crippen molar-refractivity contribution in [2.45, 2.75) is 25.7 Å². The Morgan fingerprint density at radius 2 is 1.60 bits per heavy atom. The molecule has 1 saturated heterocycles. The Hall–Kier alpha value is -3.18. The number of rotatable bonds is 8. The minimum absolute atomic E-state index is 0. The number of anilines is 2. The molecule has 1 aromatic heterocycles. The number of sulfonamides is 1. The Kier molecular flexibility index (Phi) is 9.35. The van der Waals surface area contributed by atoms with E-state index in [1.54, 1.807) is 59.9 Å². The molecule has 0 unspecified atom stereocenters. The molecular weight excluding hydrogens is 566 g/mol. The van der Waals surface area contributed by atoms with E-state index in [4.69, 9.17) is 4.98 Å². The van der Waals surface area contributed by atoms with Crippen molar-refractivity contribution in [3.63, 3.8) is 0 Å². The number of hydrogen-bond acceptors (Lipinski definition) is 7. The minimum Gasteiger partial charge on any atom is -0.351 e. The number of piperazine rings is 1. The van der Waals surface area contributed by atoms with E-state index in [0.717, 1.165) is 48.9 Å². The van der Waals surface area contributed by atoms with Gasteiger partial charge >= 0.3 is 0 Å². The van der Waals surface area contributed by atoms with Gasteiger partial charge in [0.15, 0.2) is 5.13 Å². The summed E-state index contributed by atoms with van der Waals surface area (Å²) in [6.45, 7) is 11.1. The fourth-order valence-corrected chi connectivity index (χ4v) is 6.84. The van der Waals surface area contributed by atoms with Crippen LogP contribution in [0.5, 0.6) is 0 Å². The average molecular weight is 600 g/mol. The zero-order chi connectivity index (χ0) is 27.6. The molecule has 0 spiro atoms. The molecule has 1 fully saturated rings. The van der Waals surface area contributed by atoms with E-state index < -0.39 is 10.0 Å². The molecule has 5 rings (SSSR count). The molecule has 3 aromatic carbocycles. The molecule has 0 saturated carbocycles. The molecule has 2 heterocycles. The lowest BCUT2D eigenvalue weighted by molar-refractivity contribution is 0.0948. The summed E-state index contributed by atoms with van der Waals surface area (Å²) in [7, 11) is -3.69. The highest BCUT2D eigenvalue weighted by Gasteiger charge is 2.20. The first-order chi connectivity index (χ1) is 18.7. The Balaban J connectivity index is 0.00000370. The number of carbonyl (C=O) groups is 1. The lowest BCUT2D eigenvalue weighted by Gasteiger charge is -2.34. The molecule has 0 bridgehead atoms. The number of aryl methyl sites for hydroxylation is 3. The number of benzene rings is 3. The molecule has 0 radical (unpaired) electrons. The number of carbonyl (C=O) groups excluding carboxylic acids is 1. The van der Waals surface area contributed by atoms with Gasteiger partial charge in [-0.25, -0.2) is 13.4 Å². The standard InChI is InChI=1S/C29H33N5O3S2.ClH/c1-20-4-10-25(11-5-20)39(36,37)32-24-8-6-23(7-9-24)28(35)30-12-13-33-14-16-34(17-15-33)29-31-26-19-21(2)18-22(3)27(26)38-29;/h4-11,18-19,32H,12-17H2,1-3H3,(H,30,35);1H. The van der Waals surface area contributed by atoms with Gasteiger partial charge in [-0.3, -0.25) is 14.4 Å². The van der Waals surface area contributed by atoms with E-state index in [1.165, 1.54) is 15.8 Å². The van der Waals surface area contributed by atoms with Crippen LogP contribution in [0.1, 0.15) is 27.0 Å². The molecule has 0 aliphatic carbocycles. The van der Waals surface area contributed by atoms with Gasteiger partial charge in [0, 0.05) is 50.5 Å². The van der Waals surface area contributed by atoms with Gasteiger partial charge in [0.1, 0.15) is 0 Å². The van der Waals surface area contributed by atoms with Crippen LogP contribution in [-0.4, -0.2) is 63.5 Å². The van der Waals surface area contributed by atoms with Gasteiger partial charge in [0.2, 0.25) is 0 Å². The van der Waals surface area contributed by atoms with E-state index in [2.05, 4.69) is 45.8 Å². The Morgan fingerprint density at radius 3 is 2.27 bits per heavy atom. The lowest BCUT2D eigenvalue weighted by atomic mass is 10.1. The SMILES string of the molecule is Cc1ccc(S(=O)(=O)Nc2ccc(C(=O)NCCN3CCN(c4nc5cc(C)cc(C)c5s4)CC3)cc2)cc1.Cl. The highest BCUT2D eigenvalue weighted by atomic mass is 35.5. The van der Waals surface area contributed by atoms with Crippen LogP contribution in [0.4, 0.5) is 10.8 Å². The highest BCUT2D eigenvalue weighted by Crippen LogP contribution is 2.32. The van der Waals surface area contributed by atoms with Gasteiger partial charge < -0.3 is 10.2 Å². The second-order valence-electron chi connectivity index (χ2n) is 10.0. The molecule has 212 valence electrons. The minimum atomic E-state index is -3.69. The number of aromatic nitrogens is 1. The van der Waals surface area contributed by atoms with Crippen LogP contribution >= 0.6 is 23.7 Å². The third kappa shape index (κ3) is 6.93. The first kappa shape index (κ1) is 29.8. The summed E-state index contributed by atoms with van der Waals surface area (Å²) >= 11 is 1.76. The third-order valence-electron chi connectivity index (χ3n) is 6.90. The lowest BCUT2D eigenvalue weighted by Crippen LogP contribution is -2.48. The monoisotopic (exact) mass is 599 g/mol. The van der Waals surface area contributed by atoms with Gasteiger partial charge in [-0.15, -0.1) is 12.4 Å². The van der Waals surface area contributed by atoms with Crippen molar-refractivity contribution in [2.24, 2.45) is 0 Å². The Bertz CT molecular complexity index is 1580. The third-order valence-corrected chi connectivity index (χ3v) is 9.56. The topological polar surface area (TPSA) is 94.6 Å². The Labute approximate surface area is 245 Å². The van der Waals surface area contributed by atoms with Gasteiger partial charge in [-0.2, -0.15) is 0 Å². The number of amides is 1. The van der Waals surface area contributed by atoms with Crippen molar-refractivity contribution in [1.29, 1.82) is 0 Å². The summed E-state index contributed by atoms with van der Waals surface area (Å²) in [4.78, 5) is 22.4. The molecule has 1 aliphatic heterocycles. The molecule has 8 nitrogen and oxygen atoms in total. The number of fused-ring (bicyclic) bond motifs is 1. The van der Waals surface area contributed by atoms with Crippen LogP contribution in [0.3, 0.4) is 0 Å². The van der Waals surface area contributed by atoms with Crippen molar-refractivity contribution in [1.82, 2.24) is 15.2 Å². The largest absolute Gasteiger partial charge is 0.351 e. The Morgan fingerprint density at radius 1 is 0.925 bits per heavy atom. The van der Waals surface area contributed by atoms with E-state index in [0.29, 0.717) is 17.8 Å². The maximum absolute atomic E-state index is 12.6. The molecule has 40 heavy (non-hydrogen) atoms. The van der Waals surface area contributed by atoms with E-state index in [9.17, 15) is 13.2 Å². The summed E-state index contributed by atoms with van der Waals surface area (Å²) in [6.07, 6.45) is 0. The zero-order valence-corrected chi connectivity index (χ0v) is 25.3. The molecular formula is C29H34ClN5O3S2. The smallest absolute Gasteiger partial charge is 0.261 e.